The summed E-state index contributed by atoms with van der Waals surface area (Å²) < 4.78 is 5.00. The maximum absolute atomic E-state index is 11.5. The van der Waals surface area contributed by atoms with Crippen LogP contribution in [-0.4, -0.2) is 47.1 Å². The van der Waals surface area contributed by atoms with Crippen molar-refractivity contribution in [3.8, 4) is 6.01 Å². The molecule has 1 aromatic rings. The standard InChI is InChI=1S/C12H22N6O2/c1-5-6-13-10-16-11(18-12(17-10)20-4)14-7-9(19)15-8(2)3/h8H,5-7H2,1-4H3,(H,15,19)(H2,13,14,16,17,18). The highest BCUT2D eigenvalue weighted by molar-refractivity contribution is 5.80. The molecule has 0 saturated heterocycles. The highest BCUT2D eigenvalue weighted by Crippen LogP contribution is 2.10. The fraction of sp³-hybridized carbons (Fsp3) is 0.667. The van der Waals surface area contributed by atoms with Gasteiger partial charge in [0.25, 0.3) is 0 Å². The molecule has 0 bridgehead atoms. The summed E-state index contributed by atoms with van der Waals surface area (Å²) in [5, 5.41) is 8.66. The molecule has 0 spiro atoms. The van der Waals surface area contributed by atoms with E-state index in [2.05, 4.69) is 30.9 Å². The van der Waals surface area contributed by atoms with Gasteiger partial charge < -0.3 is 20.7 Å². The first kappa shape index (κ1) is 15.9. The van der Waals surface area contributed by atoms with Gasteiger partial charge in [-0.15, -0.1) is 0 Å². The van der Waals surface area contributed by atoms with Crippen molar-refractivity contribution in [1.29, 1.82) is 0 Å². The van der Waals surface area contributed by atoms with Crippen LogP contribution in [0.2, 0.25) is 0 Å². The molecule has 112 valence electrons. The number of amides is 1. The minimum absolute atomic E-state index is 0.0958. The normalized spacial score (nSPS) is 10.2. The summed E-state index contributed by atoms with van der Waals surface area (Å²) >= 11 is 0. The average Bonchev–Trinajstić information content (AvgIpc) is 2.42. The lowest BCUT2D eigenvalue weighted by atomic mass is 10.4. The molecule has 8 heteroatoms. The second kappa shape index (κ2) is 8.13. The Kier molecular flexibility index (Phi) is 6.48. The first-order chi connectivity index (χ1) is 9.55. The summed E-state index contributed by atoms with van der Waals surface area (Å²) in [6, 6.07) is 0.296. The van der Waals surface area contributed by atoms with Crippen LogP contribution in [0.5, 0.6) is 6.01 Å². The Hall–Kier alpha value is -2.12. The molecular weight excluding hydrogens is 260 g/mol. The van der Waals surface area contributed by atoms with Gasteiger partial charge in [-0.05, 0) is 20.3 Å². The lowest BCUT2D eigenvalue weighted by molar-refractivity contribution is -0.119. The Balaban J connectivity index is 2.65. The number of ether oxygens (including phenoxy) is 1. The van der Waals surface area contributed by atoms with E-state index in [1.165, 1.54) is 7.11 Å². The number of rotatable bonds is 8. The molecule has 0 aliphatic heterocycles. The summed E-state index contributed by atoms with van der Waals surface area (Å²) in [5.74, 6) is 0.599. The molecule has 1 aromatic heterocycles. The van der Waals surface area contributed by atoms with E-state index in [0.29, 0.717) is 11.9 Å². The molecule has 0 aromatic carbocycles. The van der Waals surface area contributed by atoms with Crippen LogP contribution in [0.4, 0.5) is 11.9 Å². The van der Waals surface area contributed by atoms with Crippen molar-refractivity contribution in [1.82, 2.24) is 20.3 Å². The molecule has 0 atom stereocenters. The van der Waals surface area contributed by atoms with E-state index in [1.807, 2.05) is 20.8 Å². The van der Waals surface area contributed by atoms with Gasteiger partial charge in [0.15, 0.2) is 0 Å². The van der Waals surface area contributed by atoms with Crippen LogP contribution in [0.1, 0.15) is 27.2 Å². The predicted molar refractivity (Wildman–Crippen MR) is 76.9 cm³/mol. The first-order valence-corrected chi connectivity index (χ1v) is 6.62. The largest absolute Gasteiger partial charge is 0.467 e. The van der Waals surface area contributed by atoms with Crippen molar-refractivity contribution in [2.24, 2.45) is 0 Å². The van der Waals surface area contributed by atoms with E-state index in [1.54, 1.807) is 0 Å². The van der Waals surface area contributed by atoms with Crippen molar-refractivity contribution < 1.29 is 9.53 Å². The number of carbonyl (C=O) groups excluding carboxylic acids is 1. The minimum atomic E-state index is -0.123. The zero-order valence-electron chi connectivity index (χ0n) is 12.4. The van der Waals surface area contributed by atoms with E-state index in [4.69, 9.17) is 4.74 Å². The third-order valence-electron chi connectivity index (χ3n) is 2.19. The number of anilines is 2. The molecule has 0 aliphatic rings. The SMILES string of the molecule is CCCNc1nc(NCC(=O)NC(C)C)nc(OC)n1. The molecule has 0 aliphatic carbocycles. The highest BCUT2D eigenvalue weighted by atomic mass is 16.5. The Morgan fingerprint density at radius 2 is 1.85 bits per heavy atom. The van der Waals surface area contributed by atoms with Crippen molar-refractivity contribution in [3.05, 3.63) is 0 Å². The third kappa shape index (κ3) is 5.68. The molecule has 0 radical (unpaired) electrons. The van der Waals surface area contributed by atoms with E-state index in [9.17, 15) is 4.79 Å². The molecule has 8 nitrogen and oxygen atoms in total. The van der Waals surface area contributed by atoms with Crippen LogP contribution in [0.25, 0.3) is 0 Å². The van der Waals surface area contributed by atoms with Gasteiger partial charge in [0, 0.05) is 12.6 Å². The molecule has 0 unspecified atom stereocenters. The van der Waals surface area contributed by atoms with Crippen LogP contribution in [0.15, 0.2) is 0 Å². The minimum Gasteiger partial charge on any atom is -0.467 e. The second-order valence-electron chi connectivity index (χ2n) is 4.47. The summed E-state index contributed by atoms with van der Waals surface area (Å²) in [6.45, 7) is 6.69. The summed E-state index contributed by atoms with van der Waals surface area (Å²) in [6.07, 6.45) is 0.952. The van der Waals surface area contributed by atoms with Gasteiger partial charge in [-0.1, -0.05) is 6.92 Å². The van der Waals surface area contributed by atoms with Crippen molar-refractivity contribution >= 4 is 17.8 Å². The number of hydrogen-bond donors (Lipinski definition) is 3. The summed E-state index contributed by atoms with van der Waals surface area (Å²) in [4.78, 5) is 23.8. The average molecular weight is 282 g/mol. The maximum atomic E-state index is 11.5. The van der Waals surface area contributed by atoms with Crippen LogP contribution in [0.3, 0.4) is 0 Å². The van der Waals surface area contributed by atoms with E-state index >= 15 is 0 Å². The van der Waals surface area contributed by atoms with E-state index in [-0.39, 0.29) is 24.5 Å². The molecule has 1 amide bonds. The quantitative estimate of drug-likeness (QED) is 0.643. The topological polar surface area (TPSA) is 101 Å². The number of hydrogen-bond acceptors (Lipinski definition) is 7. The second-order valence-corrected chi connectivity index (χ2v) is 4.47. The Morgan fingerprint density at radius 3 is 2.40 bits per heavy atom. The molecule has 1 rings (SSSR count). The maximum Gasteiger partial charge on any atom is 0.322 e. The van der Waals surface area contributed by atoms with Crippen molar-refractivity contribution in [3.63, 3.8) is 0 Å². The van der Waals surface area contributed by atoms with Crippen LogP contribution in [-0.2, 0) is 4.79 Å². The third-order valence-corrected chi connectivity index (χ3v) is 2.19. The lowest BCUT2D eigenvalue weighted by Crippen LogP contribution is -2.35. The number of methoxy groups -OCH3 is 1. The molecule has 3 N–H and O–H groups in total. The van der Waals surface area contributed by atoms with Gasteiger partial charge in [0.05, 0.1) is 13.7 Å². The van der Waals surface area contributed by atoms with Crippen molar-refractivity contribution in [2.75, 3.05) is 30.8 Å². The van der Waals surface area contributed by atoms with E-state index in [0.717, 1.165) is 13.0 Å². The molecule has 0 saturated carbocycles. The van der Waals surface area contributed by atoms with Crippen LogP contribution < -0.4 is 20.7 Å². The molecular formula is C12H22N6O2. The van der Waals surface area contributed by atoms with Gasteiger partial charge in [-0.3, -0.25) is 4.79 Å². The van der Waals surface area contributed by atoms with E-state index < -0.39 is 0 Å². The van der Waals surface area contributed by atoms with Gasteiger partial charge in [0.1, 0.15) is 0 Å². The summed E-state index contributed by atoms with van der Waals surface area (Å²) in [7, 11) is 1.48. The van der Waals surface area contributed by atoms with Gasteiger partial charge >= 0.3 is 6.01 Å². The van der Waals surface area contributed by atoms with Crippen molar-refractivity contribution in [2.45, 2.75) is 33.2 Å². The van der Waals surface area contributed by atoms with Crippen LogP contribution in [0, 0.1) is 0 Å². The number of nitrogens with one attached hydrogen (secondary N) is 3. The smallest absolute Gasteiger partial charge is 0.322 e. The Morgan fingerprint density at radius 1 is 1.20 bits per heavy atom. The number of aromatic nitrogens is 3. The fourth-order valence-electron chi connectivity index (χ4n) is 1.38. The highest BCUT2D eigenvalue weighted by Gasteiger charge is 2.08. The monoisotopic (exact) mass is 282 g/mol. The molecule has 1 heterocycles. The number of nitrogens with zero attached hydrogens (tertiary/aromatic N) is 3. The van der Waals surface area contributed by atoms with Gasteiger partial charge in [0.2, 0.25) is 17.8 Å². The zero-order chi connectivity index (χ0) is 15.0. The summed E-state index contributed by atoms with van der Waals surface area (Å²) in [5.41, 5.74) is 0. The molecule has 20 heavy (non-hydrogen) atoms. The van der Waals surface area contributed by atoms with Crippen LogP contribution >= 0.6 is 0 Å². The van der Waals surface area contributed by atoms with Gasteiger partial charge in [-0.2, -0.15) is 15.0 Å². The Bertz CT molecular complexity index is 438. The zero-order valence-corrected chi connectivity index (χ0v) is 12.4. The Labute approximate surface area is 118 Å². The predicted octanol–water partition coefficient (Wildman–Crippen LogP) is 0.639. The fourth-order valence-corrected chi connectivity index (χ4v) is 1.38. The first-order valence-electron chi connectivity index (χ1n) is 6.62. The van der Waals surface area contributed by atoms with Gasteiger partial charge in [-0.25, -0.2) is 0 Å². The number of carbonyl (C=O) groups is 1. The molecule has 0 fully saturated rings. The lowest BCUT2D eigenvalue weighted by Gasteiger charge is -2.10.